The van der Waals surface area contributed by atoms with Crippen molar-refractivity contribution >= 4 is 16.1 Å². The first-order valence-corrected chi connectivity index (χ1v) is 7.20. The average molecular weight is 250 g/mol. The number of carbonyl (C=O) groups is 1. The quantitative estimate of drug-likeness (QED) is 0.551. The highest BCUT2D eigenvalue weighted by Gasteiger charge is 2.23. The molecule has 6 heteroatoms. The molecule has 1 aliphatic rings. The first-order chi connectivity index (χ1) is 7.37. The Hall–Kier alpha value is -0.620. The molecule has 1 aliphatic carbocycles. The van der Waals surface area contributed by atoms with E-state index >= 15 is 0 Å². The van der Waals surface area contributed by atoms with Gasteiger partial charge >= 0.3 is 5.97 Å². The van der Waals surface area contributed by atoms with Gasteiger partial charge in [-0.2, -0.15) is 8.42 Å². The Morgan fingerprint density at radius 1 is 1.25 bits per heavy atom. The lowest BCUT2D eigenvalue weighted by atomic mass is 9.88. The van der Waals surface area contributed by atoms with Crippen LogP contribution in [0, 0.1) is 5.92 Å². The number of ether oxygens (including phenoxy) is 1. The Morgan fingerprint density at radius 3 is 2.25 bits per heavy atom. The highest BCUT2D eigenvalue weighted by Crippen LogP contribution is 2.26. The Kier molecular flexibility index (Phi) is 4.73. The molecule has 16 heavy (non-hydrogen) atoms. The third-order valence-corrected chi connectivity index (χ3v) is 3.21. The number of hydrogen-bond acceptors (Lipinski definition) is 5. The van der Waals surface area contributed by atoms with Crippen LogP contribution in [-0.2, 0) is 23.8 Å². The normalized spacial score (nSPS) is 26.4. The zero-order chi connectivity index (χ0) is 12.2. The fourth-order valence-electron chi connectivity index (χ4n) is 1.87. The van der Waals surface area contributed by atoms with Crippen LogP contribution in [0.1, 0.15) is 32.6 Å². The van der Waals surface area contributed by atoms with Gasteiger partial charge in [0.25, 0.3) is 10.1 Å². The highest BCUT2D eigenvalue weighted by molar-refractivity contribution is 7.85. The zero-order valence-electron chi connectivity index (χ0n) is 9.64. The molecule has 1 rings (SSSR count). The van der Waals surface area contributed by atoms with E-state index in [1.807, 2.05) is 0 Å². The van der Waals surface area contributed by atoms with E-state index in [2.05, 4.69) is 0 Å². The minimum Gasteiger partial charge on any atom is -0.463 e. The summed E-state index contributed by atoms with van der Waals surface area (Å²) in [6.45, 7) is 1.64. The van der Waals surface area contributed by atoms with Crippen molar-refractivity contribution in [1.29, 1.82) is 0 Å². The second-order valence-corrected chi connectivity index (χ2v) is 5.88. The van der Waals surface area contributed by atoms with E-state index in [4.69, 9.17) is 8.92 Å². The predicted octanol–water partition coefficient (Wildman–Crippen LogP) is 1.08. The second kappa shape index (κ2) is 5.63. The fourth-order valence-corrected chi connectivity index (χ4v) is 2.31. The minimum absolute atomic E-state index is 0.00742. The molecule has 0 radical (unpaired) electrons. The summed E-state index contributed by atoms with van der Waals surface area (Å²) in [7, 11) is -3.34. The van der Waals surface area contributed by atoms with E-state index < -0.39 is 10.1 Å². The summed E-state index contributed by atoms with van der Waals surface area (Å²) in [6, 6.07) is 0. The summed E-state index contributed by atoms with van der Waals surface area (Å²) in [6.07, 6.45) is 4.31. The van der Waals surface area contributed by atoms with Crippen molar-refractivity contribution in [2.24, 2.45) is 5.92 Å². The molecule has 0 bridgehead atoms. The van der Waals surface area contributed by atoms with Gasteiger partial charge in [-0.05, 0) is 31.6 Å². The predicted molar refractivity (Wildman–Crippen MR) is 58.3 cm³/mol. The molecule has 1 fully saturated rings. The zero-order valence-corrected chi connectivity index (χ0v) is 10.5. The SMILES string of the molecule is CC(=O)OC1CCC(COS(C)(=O)=O)CC1. The molecule has 0 saturated heterocycles. The van der Waals surface area contributed by atoms with Crippen molar-refractivity contribution < 1.29 is 22.1 Å². The van der Waals surface area contributed by atoms with Crippen LogP contribution in [0.15, 0.2) is 0 Å². The van der Waals surface area contributed by atoms with Gasteiger partial charge in [-0.1, -0.05) is 0 Å². The summed E-state index contributed by atoms with van der Waals surface area (Å²) in [4.78, 5) is 10.7. The van der Waals surface area contributed by atoms with E-state index in [-0.39, 0.29) is 24.6 Å². The molecule has 0 N–H and O–H groups in total. The lowest BCUT2D eigenvalue weighted by molar-refractivity contribution is -0.148. The maximum absolute atomic E-state index is 10.8. The first-order valence-electron chi connectivity index (χ1n) is 5.38. The van der Waals surface area contributed by atoms with E-state index in [1.165, 1.54) is 6.92 Å². The van der Waals surface area contributed by atoms with Crippen LogP contribution in [0.4, 0.5) is 0 Å². The van der Waals surface area contributed by atoms with Crippen molar-refractivity contribution in [2.75, 3.05) is 12.9 Å². The van der Waals surface area contributed by atoms with Crippen LogP contribution in [0.25, 0.3) is 0 Å². The Balaban J connectivity index is 2.24. The molecule has 0 aliphatic heterocycles. The van der Waals surface area contributed by atoms with Crippen LogP contribution in [0.5, 0.6) is 0 Å². The molecule has 1 saturated carbocycles. The summed E-state index contributed by atoms with van der Waals surface area (Å²) in [5, 5.41) is 0. The third-order valence-electron chi connectivity index (χ3n) is 2.64. The van der Waals surface area contributed by atoms with Gasteiger partial charge in [0.15, 0.2) is 0 Å². The summed E-state index contributed by atoms with van der Waals surface area (Å²) >= 11 is 0. The van der Waals surface area contributed by atoms with Crippen molar-refractivity contribution in [1.82, 2.24) is 0 Å². The Morgan fingerprint density at radius 2 is 1.81 bits per heavy atom. The van der Waals surface area contributed by atoms with Crippen molar-refractivity contribution in [3.05, 3.63) is 0 Å². The van der Waals surface area contributed by atoms with E-state index in [0.717, 1.165) is 31.9 Å². The van der Waals surface area contributed by atoms with E-state index in [0.29, 0.717) is 0 Å². The van der Waals surface area contributed by atoms with Gasteiger partial charge in [0.2, 0.25) is 0 Å². The molecule has 0 aromatic carbocycles. The molecule has 0 atom stereocenters. The van der Waals surface area contributed by atoms with E-state index in [1.54, 1.807) is 0 Å². The Labute approximate surface area is 96.2 Å². The van der Waals surface area contributed by atoms with E-state index in [9.17, 15) is 13.2 Å². The maximum Gasteiger partial charge on any atom is 0.302 e. The third kappa shape index (κ3) is 5.46. The van der Waals surface area contributed by atoms with Crippen LogP contribution >= 0.6 is 0 Å². The van der Waals surface area contributed by atoms with Gasteiger partial charge in [0, 0.05) is 6.92 Å². The number of rotatable bonds is 4. The van der Waals surface area contributed by atoms with Gasteiger partial charge in [0.1, 0.15) is 6.10 Å². The van der Waals surface area contributed by atoms with Crippen molar-refractivity contribution in [2.45, 2.75) is 38.7 Å². The van der Waals surface area contributed by atoms with Gasteiger partial charge in [-0.15, -0.1) is 0 Å². The average Bonchev–Trinajstić information content (AvgIpc) is 2.14. The Bertz CT molecular complexity index is 327. The molecule has 0 amide bonds. The van der Waals surface area contributed by atoms with Crippen LogP contribution < -0.4 is 0 Å². The molecule has 0 unspecified atom stereocenters. The minimum atomic E-state index is -3.34. The molecule has 0 aromatic rings. The number of carbonyl (C=O) groups excluding carboxylic acids is 1. The van der Waals surface area contributed by atoms with Gasteiger partial charge in [-0.3, -0.25) is 8.98 Å². The molecule has 0 aromatic heterocycles. The lowest BCUT2D eigenvalue weighted by Crippen LogP contribution is -2.26. The molecule has 5 nitrogen and oxygen atoms in total. The van der Waals surface area contributed by atoms with Gasteiger partial charge in [0.05, 0.1) is 12.9 Å². The maximum atomic E-state index is 10.8. The monoisotopic (exact) mass is 250 g/mol. The lowest BCUT2D eigenvalue weighted by Gasteiger charge is -2.27. The number of hydrogen-bond donors (Lipinski definition) is 0. The number of esters is 1. The van der Waals surface area contributed by atoms with Crippen molar-refractivity contribution in [3.63, 3.8) is 0 Å². The molecular weight excluding hydrogens is 232 g/mol. The molecule has 94 valence electrons. The molecule has 0 heterocycles. The van der Waals surface area contributed by atoms with Crippen LogP contribution in [-0.4, -0.2) is 33.4 Å². The topological polar surface area (TPSA) is 69.7 Å². The van der Waals surface area contributed by atoms with Gasteiger partial charge < -0.3 is 4.74 Å². The van der Waals surface area contributed by atoms with Crippen LogP contribution in [0.3, 0.4) is 0 Å². The largest absolute Gasteiger partial charge is 0.463 e. The standard InChI is InChI=1S/C10H18O5S/c1-8(11)15-10-5-3-9(4-6-10)7-14-16(2,12)13/h9-10H,3-7H2,1-2H3. The highest BCUT2D eigenvalue weighted by atomic mass is 32.2. The first kappa shape index (κ1) is 13.4. The smallest absolute Gasteiger partial charge is 0.302 e. The van der Waals surface area contributed by atoms with Crippen LogP contribution in [0.2, 0.25) is 0 Å². The summed E-state index contributed by atoms with van der Waals surface area (Å²) in [5.41, 5.74) is 0. The summed E-state index contributed by atoms with van der Waals surface area (Å²) < 4.78 is 31.4. The molecule has 0 spiro atoms. The molecular formula is C10H18O5S. The van der Waals surface area contributed by atoms with Gasteiger partial charge in [-0.25, -0.2) is 0 Å². The van der Waals surface area contributed by atoms with Crippen molar-refractivity contribution in [3.8, 4) is 0 Å². The summed E-state index contributed by atoms with van der Waals surface area (Å²) in [5.74, 6) is -0.00244. The second-order valence-electron chi connectivity index (χ2n) is 4.24. The fraction of sp³-hybridized carbons (Fsp3) is 0.900.